The molecule has 1 atom stereocenters. The van der Waals surface area contributed by atoms with Crippen molar-refractivity contribution in [1.29, 1.82) is 0 Å². The summed E-state index contributed by atoms with van der Waals surface area (Å²) in [6, 6.07) is 17.3. The van der Waals surface area contributed by atoms with Crippen LogP contribution in [0.2, 0.25) is 0 Å². The largest absolute Gasteiger partial charge is 0.353 e. The van der Waals surface area contributed by atoms with E-state index in [1.165, 1.54) is 5.56 Å². The van der Waals surface area contributed by atoms with Gasteiger partial charge in [-0.05, 0) is 36.6 Å². The molecule has 2 aromatic rings. The van der Waals surface area contributed by atoms with Crippen molar-refractivity contribution in [2.45, 2.75) is 25.8 Å². The average Bonchev–Trinajstić information content (AvgIpc) is 2.57. The van der Waals surface area contributed by atoms with Gasteiger partial charge in [0.25, 0.3) is 0 Å². The van der Waals surface area contributed by atoms with Crippen LogP contribution in [-0.4, -0.2) is 23.7 Å². The van der Waals surface area contributed by atoms with Crippen LogP contribution < -0.4 is 10.6 Å². The Hall–Kier alpha value is -2.33. The standard InChI is InChI=1S/C19H21ClN2O2/c1-14(11-15-5-3-2-4-6-15)21-18(23)12-16-7-9-17(10-8-16)22-19(24)13-20/h2-10,14H,11-13H2,1H3,(H,21,23)(H,22,24). The summed E-state index contributed by atoms with van der Waals surface area (Å²) in [5, 5.41) is 5.67. The summed E-state index contributed by atoms with van der Waals surface area (Å²) < 4.78 is 0. The predicted octanol–water partition coefficient (Wildman–Crippen LogP) is 3.15. The molecule has 2 amide bonds. The topological polar surface area (TPSA) is 58.2 Å². The van der Waals surface area contributed by atoms with Crippen molar-refractivity contribution in [2.75, 3.05) is 11.2 Å². The molecule has 0 spiro atoms. The van der Waals surface area contributed by atoms with Gasteiger partial charge < -0.3 is 10.6 Å². The third-order valence-electron chi connectivity index (χ3n) is 3.52. The highest BCUT2D eigenvalue weighted by atomic mass is 35.5. The van der Waals surface area contributed by atoms with Crippen LogP contribution >= 0.6 is 11.6 Å². The van der Waals surface area contributed by atoms with Crippen LogP contribution in [0.4, 0.5) is 5.69 Å². The number of carbonyl (C=O) groups excluding carboxylic acids is 2. The normalized spacial score (nSPS) is 11.6. The zero-order valence-corrected chi connectivity index (χ0v) is 14.3. The number of anilines is 1. The summed E-state index contributed by atoms with van der Waals surface area (Å²) in [6.45, 7) is 2.00. The maximum atomic E-state index is 12.1. The van der Waals surface area contributed by atoms with Gasteiger partial charge in [0.2, 0.25) is 11.8 Å². The first kappa shape index (κ1) is 18.0. The van der Waals surface area contributed by atoms with Gasteiger partial charge >= 0.3 is 0 Å². The molecule has 4 nitrogen and oxygen atoms in total. The van der Waals surface area contributed by atoms with Gasteiger partial charge in [-0.1, -0.05) is 42.5 Å². The SMILES string of the molecule is CC(Cc1ccccc1)NC(=O)Cc1ccc(NC(=O)CCl)cc1. The van der Waals surface area contributed by atoms with E-state index >= 15 is 0 Å². The van der Waals surface area contributed by atoms with Crippen molar-refractivity contribution in [2.24, 2.45) is 0 Å². The van der Waals surface area contributed by atoms with Gasteiger partial charge in [0.05, 0.1) is 6.42 Å². The summed E-state index contributed by atoms with van der Waals surface area (Å²) in [6.07, 6.45) is 1.11. The fourth-order valence-corrected chi connectivity index (χ4v) is 2.50. The second-order valence-corrected chi connectivity index (χ2v) is 5.98. The first-order chi connectivity index (χ1) is 11.6. The second-order valence-electron chi connectivity index (χ2n) is 5.71. The van der Waals surface area contributed by atoms with Crippen molar-refractivity contribution in [3.8, 4) is 0 Å². The molecule has 0 bridgehead atoms. The van der Waals surface area contributed by atoms with Crippen molar-refractivity contribution in [3.63, 3.8) is 0 Å². The molecule has 0 radical (unpaired) electrons. The van der Waals surface area contributed by atoms with Crippen LogP contribution in [-0.2, 0) is 22.4 Å². The van der Waals surface area contributed by atoms with Gasteiger partial charge in [0.15, 0.2) is 0 Å². The Labute approximate surface area is 147 Å². The molecule has 0 saturated carbocycles. The monoisotopic (exact) mass is 344 g/mol. The van der Waals surface area contributed by atoms with E-state index in [1.54, 1.807) is 12.1 Å². The number of amides is 2. The van der Waals surface area contributed by atoms with Gasteiger partial charge in [0.1, 0.15) is 5.88 Å². The molecular formula is C19H21ClN2O2. The van der Waals surface area contributed by atoms with E-state index < -0.39 is 0 Å². The molecule has 2 rings (SSSR count). The molecule has 126 valence electrons. The Morgan fingerprint density at radius 2 is 1.62 bits per heavy atom. The molecule has 2 aromatic carbocycles. The number of alkyl halides is 1. The molecule has 0 saturated heterocycles. The van der Waals surface area contributed by atoms with Crippen LogP contribution in [0, 0.1) is 0 Å². The number of nitrogens with one attached hydrogen (secondary N) is 2. The van der Waals surface area contributed by atoms with E-state index in [4.69, 9.17) is 11.6 Å². The first-order valence-electron chi connectivity index (χ1n) is 7.85. The maximum Gasteiger partial charge on any atom is 0.239 e. The Bertz CT molecular complexity index is 672. The van der Waals surface area contributed by atoms with Crippen molar-refractivity contribution in [1.82, 2.24) is 5.32 Å². The fraction of sp³-hybridized carbons (Fsp3) is 0.263. The van der Waals surface area contributed by atoms with Gasteiger partial charge in [-0.15, -0.1) is 11.6 Å². The van der Waals surface area contributed by atoms with E-state index in [0.717, 1.165) is 12.0 Å². The lowest BCUT2D eigenvalue weighted by Gasteiger charge is -2.14. The summed E-state index contributed by atoms with van der Waals surface area (Å²) in [5.41, 5.74) is 2.76. The number of hydrogen-bond acceptors (Lipinski definition) is 2. The van der Waals surface area contributed by atoms with E-state index in [9.17, 15) is 9.59 Å². The van der Waals surface area contributed by atoms with Gasteiger partial charge in [-0.2, -0.15) is 0 Å². The molecule has 0 aliphatic heterocycles. The molecule has 0 aliphatic rings. The van der Waals surface area contributed by atoms with E-state index in [2.05, 4.69) is 22.8 Å². The summed E-state index contributed by atoms with van der Waals surface area (Å²) in [5.74, 6) is -0.350. The highest BCUT2D eigenvalue weighted by molar-refractivity contribution is 6.29. The van der Waals surface area contributed by atoms with Gasteiger partial charge in [-0.25, -0.2) is 0 Å². The molecule has 5 heteroatoms. The molecule has 0 aromatic heterocycles. The number of benzene rings is 2. The molecule has 0 aliphatic carbocycles. The molecule has 0 heterocycles. The summed E-state index contributed by atoms with van der Waals surface area (Å²) >= 11 is 5.44. The minimum absolute atomic E-state index is 0.0176. The average molecular weight is 345 g/mol. The third-order valence-corrected chi connectivity index (χ3v) is 3.76. The van der Waals surface area contributed by atoms with Crippen molar-refractivity contribution >= 4 is 29.1 Å². The Morgan fingerprint density at radius 1 is 0.958 bits per heavy atom. The first-order valence-corrected chi connectivity index (χ1v) is 8.38. The van der Waals surface area contributed by atoms with Crippen LogP contribution in [0.1, 0.15) is 18.1 Å². The summed E-state index contributed by atoms with van der Waals surface area (Å²) in [4.78, 5) is 23.3. The predicted molar refractivity (Wildman–Crippen MR) is 97.2 cm³/mol. The number of hydrogen-bond donors (Lipinski definition) is 2. The molecular weight excluding hydrogens is 324 g/mol. The fourth-order valence-electron chi connectivity index (χ4n) is 2.43. The maximum absolute atomic E-state index is 12.1. The lowest BCUT2D eigenvalue weighted by atomic mass is 10.1. The Balaban J connectivity index is 1.82. The zero-order chi connectivity index (χ0) is 17.4. The quantitative estimate of drug-likeness (QED) is 0.758. The minimum Gasteiger partial charge on any atom is -0.353 e. The van der Waals surface area contributed by atoms with Crippen LogP contribution in [0.5, 0.6) is 0 Å². The van der Waals surface area contributed by atoms with Crippen LogP contribution in [0.15, 0.2) is 54.6 Å². The smallest absolute Gasteiger partial charge is 0.239 e. The number of carbonyl (C=O) groups is 2. The Kier molecular flexibility index (Phi) is 6.82. The molecule has 0 fully saturated rings. The van der Waals surface area contributed by atoms with E-state index in [0.29, 0.717) is 12.1 Å². The lowest BCUT2D eigenvalue weighted by molar-refractivity contribution is -0.121. The zero-order valence-electron chi connectivity index (χ0n) is 13.6. The van der Waals surface area contributed by atoms with E-state index in [-0.39, 0.29) is 23.7 Å². The van der Waals surface area contributed by atoms with Crippen LogP contribution in [0.3, 0.4) is 0 Å². The van der Waals surface area contributed by atoms with E-state index in [1.807, 2.05) is 37.3 Å². The molecule has 1 unspecified atom stereocenters. The molecule has 2 N–H and O–H groups in total. The van der Waals surface area contributed by atoms with Gasteiger partial charge in [0, 0.05) is 11.7 Å². The third kappa shape index (κ3) is 6.05. The second kappa shape index (κ2) is 9.08. The minimum atomic E-state index is -0.253. The van der Waals surface area contributed by atoms with Crippen molar-refractivity contribution < 1.29 is 9.59 Å². The number of rotatable bonds is 7. The van der Waals surface area contributed by atoms with Crippen LogP contribution in [0.25, 0.3) is 0 Å². The lowest BCUT2D eigenvalue weighted by Crippen LogP contribution is -2.35. The Morgan fingerprint density at radius 3 is 2.25 bits per heavy atom. The molecule has 24 heavy (non-hydrogen) atoms. The highest BCUT2D eigenvalue weighted by Gasteiger charge is 2.09. The highest BCUT2D eigenvalue weighted by Crippen LogP contribution is 2.10. The van der Waals surface area contributed by atoms with Gasteiger partial charge in [-0.3, -0.25) is 9.59 Å². The number of halogens is 1. The summed E-state index contributed by atoms with van der Waals surface area (Å²) in [7, 11) is 0. The van der Waals surface area contributed by atoms with Crippen molar-refractivity contribution in [3.05, 3.63) is 65.7 Å².